The number of fused-ring (bicyclic) bond motifs is 1. The van der Waals surface area contributed by atoms with Gasteiger partial charge in [-0.3, -0.25) is 5.10 Å². The van der Waals surface area contributed by atoms with Gasteiger partial charge in [0.05, 0.1) is 25.3 Å². The summed E-state index contributed by atoms with van der Waals surface area (Å²) in [6, 6.07) is 12.5. The largest absolute Gasteiger partial charge is 0.497 e. The van der Waals surface area contributed by atoms with E-state index >= 15 is 0 Å². The van der Waals surface area contributed by atoms with Crippen LogP contribution in [0.2, 0.25) is 0 Å². The molecule has 9 heteroatoms. The summed E-state index contributed by atoms with van der Waals surface area (Å²) in [6.45, 7) is -0.175. The normalized spacial score (nSPS) is 10.8. The van der Waals surface area contributed by atoms with Crippen molar-refractivity contribution in [1.29, 1.82) is 0 Å². The molecule has 142 valence electrons. The van der Waals surface area contributed by atoms with Crippen molar-refractivity contribution in [1.82, 2.24) is 20.3 Å². The van der Waals surface area contributed by atoms with Gasteiger partial charge in [-0.25, -0.2) is 4.79 Å². The maximum absolute atomic E-state index is 12.3. The lowest BCUT2D eigenvalue weighted by Crippen LogP contribution is -2.06. The standard InChI is InChI=1S/C19H16N4O5/c1-25-11-7-8-13(15(9-11)26-2)18-20-16(28-23-18)10-27-19(24)17-12-5-3-4-6-14(12)21-22-17/h3-9H,10H2,1-2H3,(H,21,22). The second kappa shape index (κ2) is 7.39. The van der Waals surface area contributed by atoms with E-state index in [1.54, 1.807) is 31.4 Å². The minimum Gasteiger partial charge on any atom is -0.497 e. The van der Waals surface area contributed by atoms with Crippen molar-refractivity contribution in [2.75, 3.05) is 14.2 Å². The van der Waals surface area contributed by atoms with Crippen molar-refractivity contribution >= 4 is 16.9 Å². The molecule has 2 heterocycles. The van der Waals surface area contributed by atoms with Crippen molar-refractivity contribution in [3.63, 3.8) is 0 Å². The Kier molecular flexibility index (Phi) is 4.63. The molecule has 28 heavy (non-hydrogen) atoms. The monoisotopic (exact) mass is 380 g/mol. The summed E-state index contributed by atoms with van der Waals surface area (Å²) in [5.74, 6) is 1.06. The van der Waals surface area contributed by atoms with Gasteiger partial charge in [-0.05, 0) is 18.2 Å². The van der Waals surface area contributed by atoms with Crippen LogP contribution in [0, 0.1) is 0 Å². The Morgan fingerprint density at radius 2 is 2.00 bits per heavy atom. The minimum atomic E-state index is -0.584. The van der Waals surface area contributed by atoms with Gasteiger partial charge in [0.1, 0.15) is 11.5 Å². The molecule has 0 atom stereocenters. The molecule has 0 aliphatic heterocycles. The second-order valence-electron chi connectivity index (χ2n) is 5.77. The molecule has 4 aromatic rings. The fourth-order valence-corrected chi connectivity index (χ4v) is 2.72. The van der Waals surface area contributed by atoms with Crippen molar-refractivity contribution in [3.8, 4) is 22.9 Å². The molecule has 0 saturated carbocycles. The number of nitrogens with one attached hydrogen (secondary N) is 1. The van der Waals surface area contributed by atoms with Crippen molar-refractivity contribution in [3.05, 3.63) is 54.0 Å². The van der Waals surface area contributed by atoms with Crippen LogP contribution in [0.5, 0.6) is 11.5 Å². The van der Waals surface area contributed by atoms with E-state index in [1.165, 1.54) is 7.11 Å². The quantitative estimate of drug-likeness (QED) is 0.508. The number of H-pyrrole nitrogens is 1. The van der Waals surface area contributed by atoms with Crippen LogP contribution in [0.15, 0.2) is 47.0 Å². The first kappa shape index (κ1) is 17.5. The van der Waals surface area contributed by atoms with Crippen LogP contribution < -0.4 is 9.47 Å². The third-order valence-corrected chi connectivity index (χ3v) is 4.11. The smallest absolute Gasteiger partial charge is 0.359 e. The van der Waals surface area contributed by atoms with E-state index in [-0.39, 0.29) is 18.2 Å². The van der Waals surface area contributed by atoms with Gasteiger partial charge in [0.2, 0.25) is 5.82 Å². The number of carbonyl (C=O) groups excluding carboxylic acids is 1. The van der Waals surface area contributed by atoms with E-state index in [0.717, 1.165) is 5.52 Å². The molecule has 0 unspecified atom stereocenters. The van der Waals surface area contributed by atoms with Gasteiger partial charge >= 0.3 is 5.97 Å². The maximum atomic E-state index is 12.3. The number of para-hydroxylation sites is 1. The summed E-state index contributed by atoms with van der Waals surface area (Å²) in [5, 5.41) is 11.4. The van der Waals surface area contributed by atoms with Crippen LogP contribution >= 0.6 is 0 Å². The van der Waals surface area contributed by atoms with Gasteiger partial charge in [0.25, 0.3) is 5.89 Å². The number of aromatic nitrogens is 4. The lowest BCUT2D eigenvalue weighted by atomic mass is 10.2. The lowest BCUT2D eigenvalue weighted by Gasteiger charge is -2.07. The fourth-order valence-electron chi connectivity index (χ4n) is 2.72. The number of rotatable bonds is 6. The minimum absolute atomic E-state index is 0.154. The van der Waals surface area contributed by atoms with E-state index in [2.05, 4.69) is 20.3 Å². The topological polar surface area (TPSA) is 112 Å². The average molecular weight is 380 g/mol. The van der Waals surface area contributed by atoms with E-state index < -0.39 is 5.97 Å². The Balaban J connectivity index is 1.49. The number of hydrogen-bond acceptors (Lipinski definition) is 8. The maximum Gasteiger partial charge on any atom is 0.359 e. The van der Waals surface area contributed by atoms with Gasteiger partial charge in [0, 0.05) is 11.5 Å². The zero-order valence-electron chi connectivity index (χ0n) is 15.1. The number of esters is 1. The predicted molar refractivity (Wildman–Crippen MR) is 98.1 cm³/mol. The van der Waals surface area contributed by atoms with Crippen molar-refractivity contribution in [2.45, 2.75) is 6.61 Å². The van der Waals surface area contributed by atoms with Crippen LogP contribution in [0.25, 0.3) is 22.3 Å². The highest BCUT2D eigenvalue weighted by Gasteiger charge is 2.18. The molecule has 0 spiro atoms. The van der Waals surface area contributed by atoms with Gasteiger partial charge < -0.3 is 18.7 Å². The van der Waals surface area contributed by atoms with E-state index in [4.69, 9.17) is 18.7 Å². The summed E-state index contributed by atoms with van der Waals surface area (Å²) < 4.78 is 20.9. The van der Waals surface area contributed by atoms with Crippen molar-refractivity contribution < 1.29 is 23.5 Å². The Hall–Kier alpha value is -3.88. The fraction of sp³-hybridized carbons (Fsp3) is 0.158. The molecular formula is C19H16N4O5. The zero-order valence-corrected chi connectivity index (χ0v) is 15.1. The summed E-state index contributed by atoms with van der Waals surface area (Å²) >= 11 is 0. The Morgan fingerprint density at radius 1 is 1.14 bits per heavy atom. The molecule has 0 fully saturated rings. The van der Waals surface area contributed by atoms with Gasteiger partial charge in [-0.2, -0.15) is 10.1 Å². The molecular weight excluding hydrogens is 364 g/mol. The number of carbonyl (C=O) groups is 1. The highest BCUT2D eigenvalue weighted by Crippen LogP contribution is 2.31. The Morgan fingerprint density at radius 3 is 2.82 bits per heavy atom. The number of nitrogens with zero attached hydrogens (tertiary/aromatic N) is 3. The number of hydrogen-bond donors (Lipinski definition) is 1. The summed E-state index contributed by atoms with van der Waals surface area (Å²) in [6.07, 6.45) is 0. The molecule has 9 nitrogen and oxygen atoms in total. The van der Waals surface area contributed by atoms with Crippen molar-refractivity contribution in [2.24, 2.45) is 0 Å². The number of ether oxygens (including phenoxy) is 3. The van der Waals surface area contributed by atoms with Gasteiger partial charge in [0.15, 0.2) is 12.3 Å². The highest BCUT2D eigenvalue weighted by atomic mass is 16.6. The molecule has 0 radical (unpaired) electrons. The van der Waals surface area contributed by atoms with Crippen LogP contribution in [0.4, 0.5) is 0 Å². The van der Waals surface area contributed by atoms with E-state index in [1.807, 2.05) is 18.2 Å². The molecule has 4 rings (SSSR count). The number of aromatic amines is 1. The SMILES string of the molecule is COc1ccc(-c2noc(COC(=O)c3n[nH]c4ccccc34)n2)c(OC)c1. The molecule has 0 aliphatic carbocycles. The third kappa shape index (κ3) is 3.25. The Bertz CT molecular complexity index is 1130. The third-order valence-electron chi connectivity index (χ3n) is 4.11. The molecule has 0 aliphatic rings. The zero-order chi connectivity index (χ0) is 19.5. The first-order valence-electron chi connectivity index (χ1n) is 8.35. The summed E-state index contributed by atoms with van der Waals surface area (Å²) in [4.78, 5) is 16.6. The molecule has 1 N–H and O–H groups in total. The van der Waals surface area contributed by atoms with Crippen LogP contribution in [0.1, 0.15) is 16.4 Å². The molecule has 0 bridgehead atoms. The molecule has 0 amide bonds. The lowest BCUT2D eigenvalue weighted by molar-refractivity contribution is 0.0425. The highest BCUT2D eigenvalue weighted by molar-refractivity contribution is 6.01. The first-order valence-corrected chi connectivity index (χ1v) is 8.35. The van der Waals surface area contributed by atoms with Crippen LogP contribution in [0.3, 0.4) is 0 Å². The van der Waals surface area contributed by atoms with E-state index in [0.29, 0.717) is 28.3 Å². The Labute approximate surface area is 159 Å². The predicted octanol–water partition coefficient (Wildman–Crippen LogP) is 2.99. The molecule has 2 aromatic heterocycles. The van der Waals surface area contributed by atoms with Gasteiger partial charge in [-0.15, -0.1) is 0 Å². The summed E-state index contributed by atoms with van der Waals surface area (Å²) in [5.41, 5.74) is 1.58. The molecule has 0 saturated heterocycles. The summed E-state index contributed by atoms with van der Waals surface area (Å²) in [7, 11) is 3.10. The first-order chi connectivity index (χ1) is 13.7. The van der Waals surface area contributed by atoms with E-state index in [9.17, 15) is 4.79 Å². The van der Waals surface area contributed by atoms with Crippen LogP contribution in [-0.2, 0) is 11.3 Å². The average Bonchev–Trinajstić information content (AvgIpc) is 3.38. The van der Waals surface area contributed by atoms with Crippen LogP contribution in [-0.4, -0.2) is 40.5 Å². The van der Waals surface area contributed by atoms with Gasteiger partial charge in [-0.1, -0.05) is 23.4 Å². The second-order valence-corrected chi connectivity index (χ2v) is 5.77. The number of benzene rings is 2. The molecule has 2 aromatic carbocycles. The number of methoxy groups -OCH3 is 2.